The van der Waals surface area contributed by atoms with E-state index in [1.54, 1.807) is 24.3 Å². The van der Waals surface area contributed by atoms with Crippen LogP contribution < -0.4 is 20.7 Å². The Labute approximate surface area is 166 Å². The number of rotatable bonds is 8. The van der Waals surface area contributed by atoms with Gasteiger partial charge in [-0.2, -0.15) is 0 Å². The summed E-state index contributed by atoms with van der Waals surface area (Å²) in [6, 6.07) is 14.4. The van der Waals surface area contributed by atoms with E-state index in [1.165, 1.54) is 0 Å². The number of amides is 2. The van der Waals surface area contributed by atoms with Crippen molar-refractivity contribution < 1.29 is 14.3 Å². The highest BCUT2D eigenvalue weighted by atomic mass is 16.5. The molecule has 6 heteroatoms. The molecule has 2 aromatic rings. The fourth-order valence-corrected chi connectivity index (χ4v) is 2.23. The standard InChI is InChI=1S/C22H27N3O3/c1-5-12-28-19-11-7-10-18(14-19)24-20(26)15-23-16-8-6-9-17(13-16)25-21(27)22(2,3)4/h5-11,13-14,23H,1,12,15H2,2-4H3,(H,24,26)(H,25,27). The quantitative estimate of drug-likeness (QED) is 0.596. The van der Waals surface area contributed by atoms with Crippen LogP contribution in [0.4, 0.5) is 17.1 Å². The maximum absolute atomic E-state index is 12.2. The summed E-state index contributed by atoms with van der Waals surface area (Å²) in [5.74, 6) is 0.402. The monoisotopic (exact) mass is 381 g/mol. The molecule has 2 rings (SSSR count). The molecule has 28 heavy (non-hydrogen) atoms. The molecule has 0 saturated heterocycles. The average molecular weight is 381 g/mol. The predicted octanol–water partition coefficient (Wildman–Crippen LogP) is 4.29. The van der Waals surface area contributed by atoms with Crippen LogP contribution in [0.5, 0.6) is 5.75 Å². The molecule has 0 unspecified atom stereocenters. The zero-order valence-electron chi connectivity index (χ0n) is 16.5. The first-order chi connectivity index (χ1) is 13.3. The van der Waals surface area contributed by atoms with E-state index in [1.807, 2.05) is 51.1 Å². The normalized spacial score (nSPS) is 10.7. The molecule has 0 fully saturated rings. The Bertz CT molecular complexity index is 841. The second-order valence-electron chi connectivity index (χ2n) is 7.31. The van der Waals surface area contributed by atoms with Crippen molar-refractivity contribution in [2.75, 3.05) is 29.1 Å². The van der Waals surface area contributed by atoms with Gasteiger partial charge in [0.1, 0.15) is 12.4 Å². The minimum absolute atomic E-state index is 0.0686. The summed E-state index contributed by atoms with van der Waals surface area (Å²) in [6.07, 6.45) is 1.66. The molecule has 2 amide bonds. The Morgan fingerprint density at radius 2 is 1.64 bits per heavy atom. The van der Waals surface area contributed by atoms with Crippen LogP contribution >= 0.6 is 0 Å². The van der Waals surface area contributed by atoms with Crippen molar-refractivity contribution in [3.8, 4) is 5.75 Å². The molecular weight excluding hydrogens is 354 g/mol. The Balaban J connectivity index is 1.90. The first-order valence-electron chi connectivity index (χ1n) is 9.07. The number of nitrogens with one attached hydrogen (secondary N) is 3. The molecule has 2 aromatic carbocycles. The van der Waals surface area contributed by atoms with Crippen LogP contribution in [0.3, 0.4) is 0 Å². The maximum Gasteiger partial charge on any atom is 0.243 e. The summed E-state index contributed by atoms with van der Waals surface area (Å²) in [7, 11) is 0. The second kappa shape index (κ2) is 9.60. The molecule has 0 aliphatic heterocycles. The SMILES string of the molecule is C=CCOc1cccc(NC(=O)CNc2cccc(NC(=O)C(C)(C)C)c2)c1. The Kier molecular flexibility index (Phi) is 7.21. The highest BCUT2D eigenvalue weighted by Crippen LogP contribution is 2.20. The van der Waals surface area contributed by atoms with Gasteiger partial charge in [-0.25, -0.2) is 0 Å². The first kappa shape index (κ1) is 21.0. The van der Waals surface area contributed by atoms with Crippen LogP contribution in [0.15, 0.2) is 61.2 Å². The van der Waals surface area contributed by atoms with Crippen molar-refractivity contribution in [2.45, 2.75) is 20.8 Å². The molecule has 0 aromatic heterocycles. The lowest BCUT2D eigenvalue weighted by Crippen LogP contribution is -2.27. The van der Waals surface area contributed by atoms with E-state index in [2.05, 4.69) is 22.5 Å². The molecule has 148 valence electrons. The molecule has 0 spiro atoms. The van der Waals surface area contributed by atoms with Gasteiger partial charge in [0.25, 0.3) is 0 Å². The van der Waals surface area contributed by atoms with Crippen LogP contribution in [-0.4, -0.2) is 25.0 Å². The lowest BCUT2D eigenvalue weighted by Gasteiger charge is -2.18. The van der Waals surface area contributed by atoms with Gasteiger partial charge in [0.15, 0.2) is 0 Å². The van der Waals surface area contributed by atoms with Gasteiger partial charge in [0.05, 0.1) is 6.54 Å². The van der Waals surface area contributed by atoms with E-state index in [9.17, 15) is 9.59 Å². The summed E-state index contributed by atoms with van der Waals surface area (Å²) < 4.78 is 5.46. The molecule has 0 aliphatic rings. The number of hydrogen-bond donors (Lipinski definition) is 3. The van der Waals surface area contributed by atoms with Crippen LogP contribution in [0, 0.1) is 5.41 Å². The zero-order chi connectivity index (χ0) is 20.6. The summed E-state index contributed by atoms with van der Waals surface area (Å²) in [4.78, 5) is 24.3. The molecule has 6 nitrogen and oxygen atoms in total. The third-order valence-corrected chi connectivity index (χ3v) is 3.74. The zero-order valence-corrected chi connectivity index (χ0v) is 16.5. The number of carbonyl (C=O) groups excluding carboxylic acids is 2. The molecule has 0 aliphatic carbocycles. The fraction of sp³-hybridized carbons (Fsp3) is 0.273. The number of hydrogen-bond acceptors (Lipinski definition) is 4. The maximum atomic E-state index is 12.2. The van der Waals surface area contributed by atoms with Crippen molar-refractivity contribution in [1.29, 1.82) is 0 Å². The number of carbonyl (C=O) groups is 2. The van der Waals surface area contributed by atoms with Gasteiger partial charge >= 0.3 is 0 Å². The Morgan fingerprint density at radius 3 is 2.32 bits per heavy atom. The molecule has 0 heterocycles. The minimum Gasteiger partial charge on any atom is -0.489 e. The van der Waals surface area contributed by atoms with E-state index in [-0.39, 0.29) is 18.4 Å². The van der Waals surface area contributed by atoms with Crippen LogP contribution in [0.2, 0.25) is 0 Å². The summed E-state index contributed by atoms with van der Waals surface area (Å²) in [5, 5.41) is 8.75. The Morgan fingerprint density at radius 1 is 1.00 bits per heavy atom. The van der Waals surface area contributed by atoms with Gasteiger partial charge in [-0.3, -0.25) is 9.59 Å². The van der Waals surface area contributed by atoms with Crippen LogP contribution in [0.1, 0.15) is 20.8 Å². The molecule has 0 radical (unpaired) electrons. The van der Waals surface area contributed by atoms with Crippen LogP contribution in [-0.2, 0) is 9.59 Å². The number of anilines is 3. The van der Waals surface area contributed by atoms with E-state index < -0.39 is 5.41 Å². The topological polar surface area (TPSA) is 79.5 Å². The third-order valence-electron chi connectivity index (χ3n) is 3.74. The van der Waals surface area contributed by atoms with Gasteiger partial charge in [-0.05, 0) is 30.3 Å². The predicted molar refractivity (Wildman–Crippen MR) is 114 cm³/mol. The summed E-state index contributed by atoms with van der Waals surface area (Å²) in [5.41, 5.74) is 1.59. The van der Waals surface area contributed by atoms with E-state index >= 15 is 0 Å². The summed E-state index contributed by atoms with van der Waals surface area (Å²) >= 11 is 0. The van der Waals surface area contributed by atoms with E-state index in [0.717, 1.165) is 5.69 Å². The molecule has 0 atom stereocenters. The molecule has 0 bridgehead atoms. The fourth-order valence-electron chi connectivity index (χ4n) is 2.23. The van der Waals surface area contributed by atoms with Crippen molar-refractivity contribution >= 4 is 28.9 Å². The van der Waals surface area contributed by atoms with Gasteiger partial charge in [-0.15, -0.1) is 0 Å². The molecule has 0 saturated carbocycles. The van der Waals surface area contributed by atoms with Crippen molar-refractivity contribution in [3.63, 3.8) is 0 Å². The highest BCUT2D eigenvalue weighted by Gasteiger charge is 2.21. The second-order valence-corrected chi connectivity index (χ2v) is 7.31. The lowest BCUT2D eigenvalue weighted by atomic mass is 9.95. The van der Waals surface area contributed by atoms with Gasteiger partial charge in [-0.1, -0.05) is 45.6 Å². The molecule has 3 N–H and O–H groups in total. The largest absolute Gasteiger partial charge is 0.489 e. The average Bonchev–Trinajstić information content (AvgIpc) is 2.64. The number of benzene rings is 2. The van der Waals surface area contributed by atoms with Crippen LogP contribution in [0.25, 0.3) is 0 Å². The highest BCUT2D eigenvalue weighted by molar-refractivity contribution is 5.95. The third kappa shape index (κ3) is 6.79. The van der Waals surface area contributed by atoms with Crippen molar-refractivity contribution in [1.82, 2.24) is 0 Å². The molecular formula is C22H27N3O3. The van der Waals surface area contributed by atoms with Crippen molar-refractivity contribution in [2.24, 2.45) is 5.41 Å². The first-order valence-corrected chi connectivity index (χ1v) is 9.07. The van der Waals surface area contributed by atoms with Crippen molar-refractivity contribution in [3.05, 3.63) is 61.2 Å². The summed E-state index contributed by atoms with van der Waals surface area (Å²) in [6.45, 7) is 9.66. The van der Waals surface area contributed by atoms with Gasteiger partial charge < -0.3 is 20.7 Å². The minimum atomic E-state index is -0.479. The Hall–Kier alpha value is -3.28. The smallest absolute Gasteiger partial charge is 0.243 e. The van der Waals surface area contributed by atoms with Gasteiger partial charge in [0, 0.05) is 28.5 Å². The van der Waals surface area contributed by atoms with E-state index in [4.69, 9.17) is 4.74 Å². The lowest BCUT2D eigenvalue weighted by molar-refractivity contribution is -0.123. The van der Waals surface area contributed by atoms with E-state index in [0.29, 0.717) is 23.7 Å². The van der Waals surface area contributed by atoms with Gasteiger partial charge in [0.2, 0.25) is 11.8 Å². The number of ether oxygens (including phenoxy) is 1.